The van der Waals surface area contributed by atoms with Gasteiger partial charge >= 0.3 is 0 Å². The topological polar surface area (TPSA) is 40.5 Å². The van der Waals surface area contributed by atoms with Crippen LogP contribution in [0.4, 0.5) is 4.39 Å². The smallest absolute Gasteiger partial charge is 0.127 e. The Labute approximate surface area is 118 Å². The monoisotopic (exact) mass is 286 g/mol. The largest absolute Gasteiger partial charge is 0.390 e. The third-order valence-corrected chi connectivity index (χ3v) is 4.42. The van der Waals surface area contributed by atoms with E-state index in [0.717, 1.165) is 12.8 Å². The second-order valence-electron chi connectivity index (χ2n) is 5.74. The summed E-state index contributed by atoms with van der Waals surface area (Å²) in [6, 6.07) is 4.39. The molecule has 2 N–H and O–H groups in total. The van der Waals surface area contributed by atoms with Crippen LogP contribution in [0.15, 0.2) is 18.2 Å². The van der Waals surface area contributed by atoms with Gasteiger partial charge < -0.3 is 10.2 Å². The van der Waals surface area contributed by atoms with E-state index < -0.39 is 17.5 Å². The standard InChI is InChI=1S/C15H20ClFO2/c1-10-4-6-15(19,7-5-10)14(18)8-11-2-3-12(16)9-13(11)17/h2-3,9-10,14,18-19H,4-8H2,1H3. The highest BCUT2D eigenvalue weighted by atomic mass is 35.5. The molecule has 0 amide bonds. The molecule has 1 atom stereocenters. The summed E-state index contributed by atoms with van der Waals surface area (Å²) in [6.45, 7) is 2.14. The molecular weight excluding hydrogens is 267 g/mol. The van der Waals surface area contributed by atoms with E-state index in [1.165, 1.54) is 6.07 Å². The Bertz CT molecular complexity index is 442. The quantitative estimate of drug-likeness (QED) is 0.895. The molecule has 0 aliphatic heterocycles. The molecule has 19 heavy (non-hydrogen) atoms. The van der Waals surface area contributed by atoms with Gasteiger partial charge in [0.2, 0.25) is 0 Å². The van der Waals surface area contributed by atoms with E-state index >= 15 is 0 Å². The normalized spacial score (nSPS) is 29.2. The van der Waals surface area contributed by atoms with Crippen molar-refractivity contribution in [2.45, 2.75) is 50.7 Å². The van der Waals surface area contributed by atoms with Gasteiger partial charge in [-0.25, -0.2) is 4.39 Å². The zero-order chi connectivity index (χ0) is 14.0. The SMILES string of the molecule is CC1CCC(O)(C(O)Cc2ccc(Cl)cc2F)CC1. The summed E-state index contributed by atoms with van der Waals surface area (Å²) in [7, 11) is 0. The average Bonchev–Trinajstić information content (AvgIpc) is 2.36. The fourth-order valence-electron chi connectivity index (χ4n) is 2.68. The predicted molar refractivity (Wildman–Crippen MR) is 73.7 cm³/mol. The molecule has 106 valence electrons. The zero-order valence-electron chi connectivity index (χ0n) is 11.1. The van der Waals surface area contributed by atoms with Gasteiger partial charge in [0.15, 0.2) is 0 Å². The van der Waals surface area contributed by atoms with Crippen molar-refractivity contribution in [3.8, 4) is 0 Å². The number of rotatable bonds is 3. The average molecular weight is 287 g/mol. The molecule has 1 aliphatic carbocycles. The summed E-state index contributed by atoms with van der Waals surface area (Å²) in [5, 5.41) is 21.0. The molecule has 1 aliphatic rings. The summed E-state index contributed by atoms with van der Waals surface area (Å²) in [4.78, 5) is 0. The van der Waals surface area contributed by atoms with Gasteiger partial charge in [-0.05, 0) is 49.3 Å². The van der Waals surface area contributed by atoms with Crippen LogP contribution in [0, 0.1) is 11.7 Å². The Morgan fingerprint density at radius 1 is 1.42 bits per heavy atom. The Morgan fingerprint density at radius 3 is 2.63 bits per heavy atom. The molecule has 1 unspecified atom stereocenters. The van der Waals surface area contributed by atoms with Crippen molar-refractivity contribution < 1.29 is 14.6 Å². The maximum Gasteiger partial charge on any atom is 0.127 e. The van der Waals surface area contributed by atoms with Gasteiger partial charge in [0.25, 0.3) is 0 Å². The number of halogens is 2. The minimum atomic E-state index is -1.08. The lowest BCUT2D eigenvalue weighted by atomic mass is 9.75. The molecule has 1 saturated carbocycles. The fraction of sp³-hybridized carbons (Fsp3) is 0.600. The maximum absolute atomic E-state index is 13.7. The van der Waals surface area contributed by atoms with Crippen LogP contribution in [-0.2, 0) is 6.42 Å². The molecule has 0 bridgehead atoms. The molecule has 0 aromatic heterocycles. The van der Waals surface area contributed by atoms with Gasteiger partial charge in [-0.2, -0.15) is 0 Å². The van der Waals surface area contributed by atoms with Crippen LogP contribution < -0.4 is 0 Å². The highest BCUT2D eigenvalue weighted by Crippen LogP contribution is 2.35. The van der Waals surface area contributed by atoms with Crippen LogP contribution in [0.5, 0.6) is 0 Å². The molecule has 2 rings (SSSR count). The highest BCUT2D eigenvalue weighted by molar-refractivity contribution is 6.30. The lowest BCUT2D eigenvalue weighted by molar-refractivity contribution is -0.102. The lowest BCUT2D eigenvalue weighted by Gasteiger charge is -2.38. The van der Waals surface area contributed by atoms with Gasteiger partial charge in [0, 0.05) is 11.4 Å². The molecule has 0 radical (unpaired) electrons. The summed E-state index contributed by atoms with van der Waals surface area (Å²) in [5.74, 6) is 0.152. The first-order valence-corrected chi connectivity index (χ1v) is 7.13. The van der Waals surface area contributed by atoms with Gasteiger partial charge in [0.1, 0.15) is 5.82 Å². The third kappa shape index (κ3) is 3.47. The first-order valence-electron chi connectivity index (χ1n) is 6.75. The Morgan fingerprint density at radius 2 is 2.05 bits per heavy atom. The minimum Gasteiger partial charge on any atom is -0.390 e. The molecule has 2 nitrogen and oxygen atoms in total. The summed E-state index contributed by atoms with van der Waals surface area (Å²) in [5.41, 5.74) is -0.692. The molecule has 0 saturated heterocycles. The van der Waals surface area contributed by atoms with Gasteiger partial charge in [0.05, 0.1) is 11.7 Å². The van der Waals surface area contributed by atoms with E-state index in [9.17, 15) is 14.6 Å². The van der Waals surface area contributed by atoms with Gasteiger partial charge in [-0.1, -0.05) is 24.6 Å². The number of aliphatic hydroxyl groups is 2. The summed E-state index contributed by atoms with van der Waals surface area (Å²) < 4.78 is 13.7. The van der Waals surface area contributed by atoms with Crippen LogP contribution in [0.25, 0.3) is 0 Å². The highest BCUT2D eigenvalue weighted by Gasteiger charge is 2.38. The Balaban J connectivity index is 2.06. The molecular formula is C15H20ClFO2. The zero-order valence-corrected chi connectivity index (χ0v) is 11.8. The van der Waals surface area contributed by atoms with E-state index in [1.807, 2.05) is 0 Å². The maximum atomic E-state index is 13.7. The second kappa shape index (κ2) is 5.78. The number of hydrogen-bond donors (Lipinski definition) is 2. The first kappa shape index (κ1) is 14.8. The number of benzene rings is 1. The van der Waals surface area contributed by atoms with Crippen LogP contribution in [0.3, 0.4) is 0 Å². The number of aliphatic hydroxyl groups excluding tert-OH is 1. The van der Waals surface area contributed by atoms with Crippen molar-refractivity contribution in [1.29, 1.82) is 0 Å². The predicted octanol–water partition coefficient (Wildman–Crippen LogP) is 3.32. The van der Waals surface area contributed by atoms with Crippen molar-refractivity contribution in [1.82, 2.24) is 0 Å². The van der Waals surface area contributed by atoms with Crippen molar-refractivity contribution in [2.24, 2.45) is 5.92 Å². The van der Waals surface area contributed by atoms with Crippen molar-refractivity contribution >= 4 is 11.6 Å². The molecule has 4 heteroatoms. The van der Waals surface area contributed by atoms with E-state index in [0.29, 0.717) is 29.3 Å². The van der Waals surface area contributed by atoms with Crippen molar-refractivity contribution in [3.05, 3.63) is 34.6 Å². The van der Waals surface area contributed by atoms with Gasteiger partial charge in [-0.15, -0.1) is 0 Å². The Hall–Kier alpha value is -0.640. The van der Waals surface area contributed by atoms with Crippen LogP contribution in [0.2, 0.25) is 5.02 Å². The molecule has 0 heterocycles. The first-order chi connectivity index (χ1) is 8.90. The Kier molecular flexibility index (Phi) is 4.49. The number of hydrogen-bond acceptors (Lipinski definition) is 2. The summed E-state index contributed by atoms with van der Waals surface area (Å²) >= 11 is 5.69. The van der Waals surface area contributed by atoms with Crippen molar-refractivity contribution in [3.63, 3.8) is 0 Å². The molecule has 1 aromatic rings. The van der Waals surface area contributed by atoms with Crippen LogP contribution in [-0.4, -0.2) is 21.9 Å². The van der Waals surface area contributed by atoms with Crippen LogP contribution in [0.1, 0.15) is 38.2 Å². The van der Waals surface area contributed by atoms with E-state index in [1.54, 1.807) is 12.1 Å². The molecule has 1 aromatic carbocycles. The van der Waals surface area contributed by atoms with E-state index in [-0.39, 0.29) is 6.42 Å². The molecule has 0 spiro atoms. The third-order valence-electron chi connectivity index (χ3n) is 4.19. The molecule has 1 fully saturated rings. The second-order valence-corrected chi connectivity index (χ2v) is 6.18. The van der Waals surface area contributed by atoms with Gasteiger partial charge in [-0.3, -0.25) is 0 Å². The fourth-order valence-corrected chi connectivity index (χ4v) is 2.84. The van der Waals surface area contributed by atoms with Crippen molar-refractivity contribution in [2.75, 3.05) is 0 Å². The van der Waals surface area contributed by atoms with Crippen LogP contribution >= 0.6 is 11.6 Å². The van der Waals surface area contributed by atoms with E-state index in [4.69, 9.17) is 11.6 Å². The minimum absolute atomic E-state index is 0.119. The summed E-state index contributed by atoms with van der Waals surface area (Å²) in [6.07, 6.45) is 2.13. The van der Waals surface area contributed by atoms with E-state index in [2.05, 4.69) is 6.92 Å². The lowest BCUT2D eigenvalue weighted by Crippen LogP contribution is -2.46.